The quantitative estimate of drug-likeness (QED) is 0.766. The number of aromatic nitrogens is 1. The normalized spacial score (nSPS) is 17.4. The van der Waals surface area contributed by atoms with Gasteiger partial charge in [0.05, 0.1) is 18.2 Å². The van der Waals surface area contributed by atoms with E-state index in [1.807, 2.05) is 37.8 Å². The van der Waals surface area contributed by atoms with Gasteiger partial charge in [-0.25, -0.2) is 4.98 Å². The molecule has 28 heavy (non-hydrogen) atoms. The summed E-state index contributed by atoms with van der Waals surface area (Å²) in [7, 11) is 0. The lowest BCUT2D eigenvalue weighted by molar-refractivity contribution is -0.123. The number of halogens is 1. The smallest absolute Gasteiger partial charge is 0.240 e. The highest BCUT2D eigenvalue weighted by atomic mass is 35.5. The first-order valence-electron chi connectivity index (χ1n) is 9.35. The van der Waals surface area contributed by atoms with Crippen LogP contribution < -0.4 is 10.6 Å². The van der Waals surface area contributed by atoms with Crippen LogP contribution in [-0.4, -0.2) is 41.3 Å². The van der Waals surface area contributed by atoms with Gasteiger partial charge in [-0.2, -0.15) is 0 Å². The number of nitrogens with zero attached hydrogens (tertiary/aromatic N) is 2. The lowest BCUT2D eigenvalue weighted by Crippen LogP contribution is -2.44. The third-order valence-electron chi connectivity index (χ3n) is 5.04. The second-order valence-corrected chi connectivity index (χ2v) is 8.80. The highest BCUT2D eigenvalue weighted by Gasteiger charge is 2.27. The van der Waals surface area contributed by atoms with E-state index in [0.717, 1.165) is 41.2 Å². The van der Waals surface area contributed by atoms with Crippen LogP contribution in [0.5, 0.6) is 0 Å². The second-order valence-electron chi connectivity index (χ2n) is 7.18. The Bertz CT molecular complexity index is 864. The van der Waals surface area contributed by atoms with Crippen molar-refractivity contribution in [3.63, 3.8) is 0 Å². The van der Waals surface area contributed by atoms with E-state index in [-0.39, 0.29) is 24.3 Å². The SMILES string of the molecule is Cc1nc(NC(=O)CN2CCCC(C(=O)Nc3cccc(Cl)c3C)C2)sc1C. The Labute approximate surface area is 174 Å². The molecule has 2 heterocycles. The standard InChI is InChI=1S/C20H25ClN4O2S/c1-12-16(21)7-4-8-17(12)23-19(27)15-6-5-9-25(10-15)11-18(26)24-20-22-13(2)14(3)28-20/h4,7-8,15H,5-6,9-11H2,1-3H3,(H,23,27)(H,22,24,26). The van der Waals surface area contributed by atoms with E-state index in [4.69, 9.17) is 11.6 Å². The Morgan fingerprint density at radius 3 is 2.79 bits per heavy atom. The Morgan fingerprint density at radius 2 is 2.07 bits per heavy atom. The maximum Gasteiger partial charge on any atom is 0.240 e. The van der Waals surface area contributed by atoms with Crippen LogP contribution in [0.1, 0.15) is 29.0 Å². The zero-order valence-corrected chi connectivity index (χ0v) is 17.9. The monoisotopic (exact) mass is 420 g/mol. The largest absolute Gasteiger partial charge is 0.326 e. The van der Waals surface area contributed by atoms with E-state index >= 15 is 0 Å². The zero-order chi connectivity index (χ0) is 20.3. The fourth-order valence-corrected chi connectivity index (χ4v) is 4.28. The van der Waals surface area contributed by atoms with Crippen molar-refractivity contribution in [2.24, 2.45) is 5.92 Å². The van der Waals surface area contributed by atoms with Gasteiger partial charge < -0.3 is 10.6 Å². The van der Waals surface area contributed by atoms with Gasteiger partial charge in [-0.15, -0.1) is 11.3 Å². The first-order chi connectivity index (χ1) is 13.3. The van der Waals surface area contributed by atoms with Crippen molar-refractivity contribution in [2.75, 3.05) is 30.3 Å². The minimum atomic E-state index is -0.149. The second kappa shape index (κ2) is 9.03. The van der Waals surface area contributed by atoms with Gasteiger partial charge in [-0.05, 0) is 57.9 Å². The lowest BCUT2D eigenvalue weighted by atomic mass is 9.97. The molecular formula is C20H25ClN4O2S. The highest BCUT2D eigenvalue weighted by Crippen LogP contribution is 2.25. The van der Waals surface area contributed by atoms with Crippen molar-refractivity contribution >= 4 is 45.6 Å². The predicted molar refractivity (Wildman–Crippen MR) is 114 cm³/mol. The summed E-state index contributed by atoms with van der Waals surface area (Å²) in [5, 5.41) is 7.10. The molecule has 0 spiro atoms. The van der Waals surface area contributed by atoms with Crippen molar-refractivity contribution < 1.29 is 9.59 Å². The summed E-state index contributed by atoms with van der Waals surface area (Å²) >= 11 is 7.61. The molecule has 1 aliphatic rings. The Hall–Kier alpha value is -1.96. The number of nitrogens with one attached hydrogen (secondary N) is 2. The number of thiazole rings is 1. The molecule has 1 atom stereocenters. The van der Waals surface area contributed by atoms with Crippen molar-refractivity contribution in [3.05, 3.63) is 39.4 Å². The van der Waals surface area contributed by atoms with Gasteiger partial charge in [0.1, 0.15) is 0 Å². The van der Waals surface area contributed by atoms with Crippen LogP contribution in [0.2, 0.25) is 5.02 Å². The minimum Gasteiger partial charge on any atom is -0.326 e. The number of amides is 2. The summed E-state index contributed by atoms with van der Waals surface area (Å²) in [4.78, 5) is 32.5. The number of piperidine rings is 1. The van der Waals surface area contributed by atoms with Crippen molar-refractivity contribution in [1.29, 1.82) is 0 Å². The van der Waals surface area contributed by atoms with Gasteiger partial charge in [-0.3, -0.25) is 14.5 Å². The molecule has 1 aromatic carbocycles. The molecular weight excluding hydrogens is 396 g/mol. The number of benzene rings is 1. The molecule has 1 aliphatic heterocycles. The molecule has 0 aliphatic carbocycles. The van der Waals surface area contributed by atoms with Crippen molar-refractivity contribution in [2.45, 2.75) is 33.6 Å². The maximum absolute atomic E-state index is 12.7. The van der Waals surface area contributed by atoms with Gasteiger partial charge in [0, 0.05) is 22.1 Å². The molecule has 2 aromatic rings. The summed E-state index contributed by atoms with van der Waals surface area (Å²) in [6, 6.07) is 5.48. The molecule has 0 radical (unpaired) electrons. The average Bonchev–Trinajstić information content (AvgIpc) is 2.96. The fraction of sp³-hybridized carbons (Fsp3) is 0.450. The summed E-state index contributed by atoms with van der Waals surface area (Å²) < 4.78 is 0. The van der Waals surface area contributed by atoms with E-state index in [0.29, 0.717) is 16.7 Å². The number of carbonyl (C=O) groups is 2. The first-order valence-corrected chi connectivity index (χ1v) is 10.5. The molecule has 2 N–H and O–H groups in total. The summed E-state index contributed by atoms with van der Waals surface area (Å²) in [5.41, 5.74) is 2.53. The maximum atomic E-state index is 12.7. The Morgan fingerprint density at radius 1 is 1.29 bits per heavy atom. The van der Waals surface area contributed by atoms with Gasteiger partial charge in [0.15, 0.2) is 5.13 Å². The minimum absolute atomic E-state index is 0.0263. The van der Waals surface area contributed by atoms with Crippen molar-refractivity contribution in [1.82, 2.24) is 9.88 Å². The zero-order valence-electron chi connectivity index (χ0n) is 16.3. The number of rotatable bonds is 5. The van der Waals surface area contributed by atoms with E-state index in [1.54, 1.807) is 6.07 Å². The molecule has 6 nitrogen and oxygen atoms in total. The van der Waals surface area contributed by atoms with Gasteiger partial charge in [0.2, 0.25) is 11.8 Å². The number of carbonyl (C=O) groups excluding carboxylic acids is 2. The van der Waals surface area contributed by atoms with Gasteiger partial charge in [-0.1, -0.05) is 17.7 Å². The molecule has 8 heteroatoms. The number of hydrogen-bond donors (Lipinski definition) is 2. The van der Waals surface area contributed by atoms with Gasteiger partial charge >= 0.3 is 0 Å². The van der Waals surface area contributed by atoms with Crippen LogP contribution in [0.4, 0.5) is 10.8 Å². The molecule has 1 saturated heterocycles. The highest BCUT2D eigenvalue weighted by molar-refractivity contribution is 7.15. The van der Waals surface area contributed by atoms with E-state index < -0.39 is 0 Å². The number of anilines is 2. The van der Waals surface area contributed by atoms with Crippen LogP contribution in [-0.2, 0) is 9.59 Å². The summed E-state index contributed by atoms with van der Waals surface area (Å²) in [6.07, 6.45) is 1.70. The average molecular weight is 421 g/mol. The molecule has 1 unspecified atom stereocenters. The Balaban J connectivity index is 1.55. The van der Waals surface area contributed by atoms with E-state index in [2.05, 4.69) is 15.6 Å². The molecule has 2 amide bonds. The van der Waals surface area contributed by atoms with Crippen LogP contribution in [0.15, 0.2) is 18.2 Å². The summed E-state index contributed by atoms with van der Waals surface area (Å²) in [5.74, 6) is -0.272. The molecule has 3 rings (SSSR count). The van der Waals surface area contributed by atoms with Crippen LogP contribution in [0.25, 0.3) is 0 Å². The number of aryl methyl sites for hydroxylation is 2. The summed E-state index contributed by atoms with van der Waals surface area (Å²) in [6.45, 7) is 7.43. The number of likely N-dealkylation sites (tertiary alicyclic amines) is 1. The van der Waals surface area contributed by atoms with E-state index in [1.165, 1.54) is 11.3 Å². The molecule has 150 valence electrons. The Kier molecular flexibility index (Phi) is 6.69. The van der Waals surface area contributed by atoms with Crippen LogP contribution >= 0.6 is 22.9 Å². The number of hydrogen-bond acceptors (Lipinski definition) is 5. The van der Waals surface area contributed by atoms with Crippen LogP contribution in [0, 0.1) is 26.7 Å². The van der Waals surface area contributed by atoms with E-state index in [9.17, 15) is 9.59 Å². The fourth-order valence-electron chi connectivity index (χ4n) is 3.28. The third kappa shape index (κ3) is 5.10. The lowest BCUT2D eigenvalue weighted by Gasteiger charge is -2.31. The van der Waals surface area contributed by atoms with Crippen molar-refractivity contribution in [3.8, 4) is 0 Å². The third-order valence-corrected chi connectivity index (χ3v) is 6.44. The van der Waals surface area contributed by atoms with Crippen LogP contribution in [0.3, 0.4) is 0 Å². The van der Waals surface area contributed by atoms with Gasteiger partial charge in [0.25, 0.3) is 0 Å². The topological polar surface area (TPSA) is 74.3 Å². The molecule has 0 saturated carbocycles. The predicted octanol–water partition coefficient (Wildman–Crippen LogP) is 4.01. The molecule has 0 bridgehead atoms. The molecule has 1 aromatic heterocycles. The first kappa shape index (κ1) is 20.8. The molecule has 1 fully saturated rings.